The summed E-state index contributed by atoms with van der Waals surface area (Å²) in [6.07, 6.45) is 4.42. The lowest BCUT2D eigenvalue weighted by Crippen LogP contribution is -2.37. The maximum absolute atomic E-state index is 13.6. The molecule has 0 unspecified atom stereocenters. The van der Waals surface area contributed by atoms with E-state index in [0.717, 1.165) is 32.1 Å². The highest BCUT2D eigenvalue weighted by atomic mass is 19.1. The number of halogens is 5. The number of nitrogens with one attached hydrogen (secondary N) is 1. The molecule has 2 rings (SSSR count). The topological polar surface area (TPSA) is 29.1 Å². The van der Waals surface area contributed by atoms with Gasteiger partial charge in [0.2, 0.25) is 0 Å². The molecule has 140 valence electrons. The van der Waals surface area contributed by atoms with E-state index in [1.165, 1.54) is 0 Å². The smallest absolute Gasteiger partial charge is 0.252 e. The predicted molar refractivity (Wildman–Crippen MR) is 84.8 cm³/mol. The first kappa shape index (κ1) is 19.7. The van der Waals surface area contributed by atoms with Crippen molar-refractivity contribution < 1.29 is 26.7 Å². The number of amides is 1. The maximum Gasteiger partial charge on any atom is 0.252 e. The molecule has 0 heterocycles. The van der Waals surface area contributed by atoms with Crippen molar-refractivity contribution in [2.75, 3.05) is 0 Å². The number of hydrogen-bond acceptors (Lipinski definition) is 1. The van der Waals surface area contributed by atoms with Gasteiger partial charge in [0.15, 0.2) is 0 Å². The van der Waals surface area contributed by atoms with E-state index in [0.29, 0.717) is 0 Å². The molecule has 1 aliphatic rings. The highest BCUT2D eigenvalue weighted by Crippen LogP contribution is 2.33. The third-order valence-electron chi connectivity index (χ3n) is 4.90. The van der Waals surface area contributed by atoms with Crippen LogP contribution in [0.5, 0.6) is 0 Å². The second-order valence-electron chi connectivity index (χ2n) is 6.24. The Labute approximate surface area is 143 Å². The fourth-order valence-electron chi connectivity index (χ4n) is 3.59. The van der Waals surface area contributed by atoms with Gasteiger partial charge in [0, 0.05) is 17.2 Å². The lowest BCUT2D eigenvalue weighted by molar-refractivity contribution is 0.0923. The van der Waals surface area contributed by atoms with Crippen LogP contribution in [-0.4, -0.2) is 11.9 Å². The Hall–Kier alpha value is -1.66. The average molecular weight is 363 g/mol. The molecule has 25 heavy (non-hydrogen) atoms. The lowest BCUT2D eigenvalue weighted by atomic mass is 9.87. The average Bonchev–Trinajstić information content (AvgIpc) is 2.65. The molecule has 1 fully saturated rings. The summed E-state index contributed by atoms with van der Waals surface area (Å²) in [5.41, 5.74) is -2.30. The van der Waals surface area contributed by atoms with Crippen molar-refractivity contribution in [2.45, 2.75) is 71.5 Å². The summed E-state index contributed by atoms with van der Waals surface area (Å²) in [4.78, 5) is 12.6. The van der Waals surface area contributed by atoms with Crippen LogP contribution in [0.2, 0.25) is 0 Å². The number of alkyl halides is 5. The molecule has 1 aliphatic carbocycles. The van der Waals surface area contributed by atoms with Gasteiger partial charge in [-0.2, -0.15) is 0 Å². The molecule has 1 amide bonds. The SMILES string of the molecule is O=C(NC1CCCCC1)c1c(CF)c(CF)c(CF)c(CF)c1CF. The van der Waals surface area contributed by atoms with Gasteiger partial charge in [0.05, 0.1) is 5.56 Å². The van der Waals surface area contributed by atoms with Gasteiger partial charge in [0.25, 0.3) is 5.91 Å². The van der Waals surface area contributed by atoms with Gasteiger partial charge in [-0.05, 0) is 29.5 Å². The minimum atomic E-state index is -1.25. The number of hydrogen-bond donors (Lipinski definition) is 1. The standard InChI is InChI=1S/C18H22F5NO/c19-6-12-13(7-20)15(9-22)17(16(10-23)14(12)8-21)18(25)24-11-4-2-1-3-5-11/h11H,1-10H2,(H,24,25). The van der Waals surface area contributed by atoms with Gasteiger partial charge in [-0.25, -0.2) is 22.0 Å². The monoisotopic (exact) mass is 363 g/mol. The van der Waals surface area contributed by atoms with E-state index >= 15 is 0 Å². The molecule has 7 heteroatoms. The Balaban J connectivity index is 2.55. The van der Waals surface area contributed by atoms with Crippen molar-refractivity contribution in [1.29, 1.82) is 0 Å². The Kier molecular flexibility index (Phi) is 7.20. The Morgan fingerprint density at radius 3 is 1.52 bits per heavy atom. The highest BCUT2D eigenvalue weighted by molar-refractivity contribution is 5.98. The van der Waals surface area contributed by atoms with E-state index in [-0.39, 0.29) is 39.4 Å². The molecule has 0 radical (unpaired) electrons. The van der Waals surface area contributed by atoms with E-state index < -0.39 is 39.3 Å². The zero-order chi connectivity index (χ0) is 18.4. The zero-order valence-corrected chi connectivity index (χ0v) is 13.9. The Morgan fingerprint density at radius 1 is 0.720 bits per heavy atom. The van der Waals surface area contributed by atoms with Gasteiger partial charge < -0.3 is 5.32 Å². The summed E-state index contributed by atoms with van der Waals surface area (Å²) in [7, 11) is 0. The third-order valence-corrected chi connectivity index (χ3v) is 4.90. The van der Waals surface area contributed by atoms with Crippen LogP contribution in [0, 0.1) is 0 Å². The Bertz CT molecular complexity index is 581. The molecule has 1 aromatic rings. The van der Waals surface area contributed by atoms with Crippen LogP contribution in [-0.2, 0) is 33.4 Å². The minimum absolute atomic E-state index is 0.135. The van der Waals surface area contributed by atoms with Gasteiger partial charge in [-0.1, -0.05) is 19.3 Å². The van der Waals surface area contributed by atoms with Crippen LogP contribution in [0.1, 0.15) is 70.3 Å². The van der Waals surface area contributed by atoms with Crippen molar-refractivity contribution in [3.05, 3.63) is 33.4 Å². The van der Waals surface area contributed by atoms with Crippen LogP contribution in [0.25, 0.3) is 0 Å². The van der Waals surface area contributed by atoms with Crippen LogP contribution < -0.4 is 5.32 Å². The summed E-state index contributed by atoms with van der Waals surface area (Å²) < 4.78 is 67.2. The molecule has 0 spiro atoms. The quantitative estimate of drug-likeness (QED) is 0.671. The first-order valence-corrected chi connectivity index (χ1v) is 8.41. The third kappa shape index (κ3) is 3.96. The maximum atomic E-state index is 13.6. The first-order chi connectivity index (χ1) is 12.1. The molecule has 0 saturated heterocycles. The molecular weight excluding hydrogens is 341 g/mol. The summed E-state index contributed by atoms with van der Waals surface area (Å²) in [5, 5.41) is 2.71. The summed E-state index contributed by atoms with van der Waals surface area (Å²) >= 11 is 0. The van der Waals surface area contributed by atoms with Crippen LogP contribution in [0.15, 0.2) is 0 Å². The van der Waals surface area contributed by atoms with E-state index in [1.807, 2.05) is 0 Å². The van der Waals surface area contributed by atoms with Gasteiger partial charge >= 0.3 is 0 Å². The van der Waals surface area contributed by atoms with Crippen molar-refractivity contribution in [2.24, 2.45) is 0 Å². The minimum Gasteiger partial charge on any atom is -0.349 e. The lowest BCUT2D eigenvalue weighted by Gasteiger charge is -2.25. The molecule has 1 aromatic carbocycles. The van der Waals surface area contributed by atoms with E-state index in [9.17, 15) is 26.7 Å². The van der Waals surface area contributed by atoms with Gasteiger partial charge in [-0.15, -0.1) is 0 Å². The fourth-order valence-corrected chi connectivity index (χ4v) is 3.59. The number of benzene rings is 1. The second-order valence-corrected chi connectivity index (χ2v) is 6.24. The fraction of sp³-hybridized carbons (Fsp3) is 0.611. The highest BCUT2D eigenvalue weighted by Gasteiger charge is 2.28. The van der Waals surface area contributed by atoms with E-state index in [1.54, 1.807) is 0 Å². The van der Waals surface area contributed by atoms with Crippen LogP contribution in [0.3, 0.4) is 0 Å². The van der Waals surface area contributed by atoms with E-state index in [2.05, 4.69) is 5.32 Å². The van der Waals surface area contributed by atoms with Gasteiger partial charge in [-0.3, -0.25) is 4.79 Å². The van der Waals surface area contributed by atoms with Gasteiger partial charge in [0.1, 0.15) is 33.4 Å². The van der Waals surface area contributed by atoms with Crippen molar-refractivity contribution in [3.63, 3.8) is 0 Å². The number of carbonyl (C=O) groups excluding carboxylic acids is 1. The Morgan fingerprint density at radius 2 is 1.12 bits per heavy atom. The van der Waals surface area contributed by atoms with Crippen LogP contribution >= 0.6 is 0 Å². The first-order valence-electron chi connectivity index (χ1n) is 8.41. The summed E-state index contributed by atoms with van der Waals surface area (Å²) in [5.74, 6) is -0.748. The van der Waals surface area contributed by atoms with Crippen LogP contribution in [0.4, 0.5) is 22.0 Å². The van der Waals surface area contributed by atoms with Crippen molar-refractivity contribution >= 4 is 5.91 Å². The molecule has 0 atom stereocenters. The normalized spacial score (nSPS) is 15.4. The zero-order valence-electron chi connectivity index (χ0n) is 13.9. The number of carbonyl (C=O) groups is 1. The van der Waals surface area contributed by atoms with Crippen molar-refractivity contribution in [1.82, 2.24) is 5.32 Å². The summed E-state index contributed by atoms with van der Waals surface area (Å²) in [6.45, 7) is -6.24. The second kappa shape index (κ2) is 9.15. The van der Waals surface area contributed by atoms with E-state index in [4.69, 9.17) is 0 Å². The molecule has 1 saturated carbocycles. The number of rotatable bonds is 7. The molecular formula is C18H22F5NO. The molecule has 0 bridgehead atoms. The molecule has 1 N–H and O–H groups in total. The van der Waals surface area contributed by atoms with Crippen molar-refractivity contribution in [3.8, 4) is 0 Å². The summed E-state index contributed by atoms with van der Waals surface area (Å²) in [6, 6.07) is -0.135. The molecule has 0 aromatic heterocycles. The molecule has 0 aliphatic heterocycles. The predicted octanol–water partition coefficient (Wildman–Crippen LogP) is 5.10. The largest absolute Gasteiger partial charge is 0.349 e. The molecule has 2 nitrogen and oxygen atoms in total.